The number of hydrogen-bond acceptors (Lipinski definition) is 6. The first-order valence-electron chi connectivity index (χ1n) is 5.08. The predicted molar refractivity (Wildman–Crippen MR) is 67.0 cm³/mol. The van der Waals surface area contributed by atoms with Crippen molar-refractivity contribution in [3.05, 3.63) is 28.3 Å². The first-order valence-corrected chi connectivity index (χ1v) is 5.83. The van der Waals surface area contributed by atoms with Gasteiger partial charge in [0.2, 0.25) is 0 Å². The fraction of sp³-hybridized carbons (Fsp3) is 0.222. The summed E-state index contributed by atoms with van der Waals surface area (Å²) in [5, 5.41) is 26.6. The number of aliphatic carboxylic acids is 1. The maximum Gasteiger partial charge on any atom is 0.325 e. The maximum atomic E-state index is 10.5. The van der Waals surface area contributed by atoms with Crippen LogP contribution in [0.3, 0.4) is 0 Å². The van der Waals surface area contributed by atoms with Crippen LogP contribution in [0.4, 0.5) is 5.69 Å². The van der Waals surface area contributed by atoms with Crippen LogP contribution in [-0.2, 0) is 17.9 Å². The molecule has 0 aliphatic rings. The zero-order valence-corrected chi connectivity index (χ0v) is 10.9. The zero-order chi connectivity index (χ0) is 13.8. The molecule has 0 bridgehead atoms. The molecule has 0 fully saturated rings. The third-order valence-electron chi connectivity index (χ3n) is 2.06. The molecule has 0 radical (unpaired) electrons. The molecule has 19 heavy (non-hydrogen) atoms. The molecule has 0 saturated heterocycles. The van der Waals surface area contributed by atoms with Crippen molar-refractivity contribution in [2.75, 3.05) is 5.32 Å². The quantitative estimate of drug-likeness (QED) is 0.851. The van der Waals surface area contributed by atoms with E-state index in [1.54, 1.807) is 0 Å². The number of carboxylic acid groups (broad SMARTS) is 1. The van der Waals surface area contributed by atoms with Gasteiger partial charge in [0.1, 0.15) is 12.2 Å². The molecule has 0 aliphatic carbocycles. The predicted octanol–water partition coefficient (Wildman–Crippen LogP) is 1.07. The van der Waals surface area contributed by atoms with Crippen LogP contribution in [0.5, 0.6) is 0 Å². The second-order valence-electron chi connectivity index (χ2n) is 3.53. The van der Waals surface area contributed by atoms with E-state index in [1.165, 1.54) is 16.9 Å². The van der Waals surface area contributed by atoms with Crippen molar-refractivity contribution >= 4 is 34.9 Å². The Morgan fingerprint density at radius 2 is 2.16 bits per heavy atom. The average molecular weight is 303 g/mol. The van der Waals surface area contributed by atoms with E-state index in [-0.39, 0.29) is 16.9 Å². The molecule has 0 unspecified atom stereocenters. The number of aromatic nitrogens is 5. The second kappa shape index (κ2) is 5.81. The van der Waals surface area contributed by atoms with Crippen molar-refractivity contribution in [1.82, 2.24) is 25.2 Å². The van der Waals surface area contributed by atoms with E-state index in [4.69, 9.17) is 28.3 Å². The number of nitrogens with one attached hydrogen (secondary N) is 1. The minimum absolute atomic E-state index is 0.183. The van der Waals surface area contributed by atoms with E-state index in [9.17, 15) is 4.79 Å². The summed E-state index contributed by atoms with van der Waals surface area (Å²) < 4.78 is 1.22. The molecule has 2 N–H and O–H groups in total. The van der Waals surface area contributed by atoms with Crippen LogP contribution < -0.4 is 5.32 Å². The highest BCUT2D eigenvalue weighted by Gasteiger charge is 2.07. The fourth-order valence-electron chi connectivity index (χ4n) is 1.30. The maximum absolute atomic E-state index is 10.5. The fourth-order valence-corrected chi connectivity index (χ4v) is 1.60. The lowest BCUT2D eigenvalue weighted by Gasteiger charge is -2.04. The van der Waals surface area contributed by atoms with Gasteiger partial charge in [-0.15, -0.1) is 15.3 Å². The summed E-state index contributed by atoms with van der Waals surface area (Å²) in [7, 11) is 0. The lowest BCUT2D eigenvalue weighted by molar-refractivity contribution is -0.137. The number of rotatable bonds is 5. The number of carbonyl (C=O) groups is 1. The van der Waals surface area contributed by atoms with Gasteiger partial charge in [-0.1, -0.05) is 28.4 Å². The summed E-state index contributed by atoms with van der Waals surface area (Å²) >= 11 is 11.5. The zero-order valence-electron chi connectivity index (χ0n) is 9.42. The highest BCUT2D eigenvalue weighted by atomic mass is 35.5. The smallest absolute Gasteiger partial charge is 0.325 e. The van der Waals surface area contributed by atoms with Crippen molar-refractivity contribution in [2.24, 2.45) is 0 Å². The SMILES string of the molecule is O=C(O)Cn1cc(CNc2cc(Cl)nnc2Cl)nn1. The molecular formula is C9H8Cl2N6O2. The van der Waals surface area contributed by atoms with E-state index in [1.807, 2.05) is 0 Å². The molecule has 0 atom stereocenters. The molecule has 2 heterocycles. The Morgan fingerprint density at radius 3 is 2.89 bits per heavy atom. The molecule has 2 aromatic rings. The Hall–Kier alpha value is -1.93. The topological polar surface area (TPSA) is 106 Å². The Morgan fingerprint density at radius 1 is 1.37 bits per heavy atom. The van der Waals surface area contributed by atoms with Gasteiger partial charge in [0.15, 0.2) is 10.3 Å². The van der Waals surface area contributed by atoms with Crippen LogP contribution in [0.2, 0.25) is 10.3 Å². The molecule has 2 aromatic heterocycles. The first-order chi connectivity index (χ1) is 9.04. The van der Waals surface area contributed by atoms with Crippen LogP contribution >= 0.6 is 23.2 Å². The molecule has 0 aromatic carbocycles. The lowest BCUT2D eigenvalue weighted by atomic mass is 10.4. The molecule has 8 nitrogen and oxygen atoms in total. The van der Waals surface area contributed by atoms with Crippen molar-refractivity contribution in [3.63, 3.8) is 0 Å². The summed E-state index contributed by atoms with van der Waals surface area (Å²) in [5.74, 6) is -0.988. The standard InChI is InChI=1S/C9H8Cl2N6O2/c10-7-1-6(9(11)15-14-7)12-2-5-3-17(16-13-5)4-8(18)19/h1,3H,2,4H2,(H,12,14)(H,18,19). The lowest BCUT2D eigenvalue weighted by Crippen LogP contribution is -2.09. The second-order valence-corrected chi connectivity index (χ2v) is 4.27. The van der Waals surface area contributed by atoms with Crippen LogP contribution in [0.15, 0.2) is 12.3 Å². The van der Waals surface area contributed by atoms with Gasteiger partial charge in [0.25, 0.3) is 0 Å². The van der Waals surface area contributed by atoms with Gasteiger partial charge in [-0.3, -0.25) is 4.79 Å². The Labute approximate surface area is 117 Å². The van der Waals surface area contributed by atoms with Crippen LogP contribution in [-0.4, -0.2) is 36.3 Å². The molecule has 0 spiro atoms. The van der Waals surface area contributed by atoms with E-state index < -0.39 is 5.97 Å². The van der Waals surface area contributed by atoms with E-state index >= 15 is 0 Å². The van der Waals surface area contributed by atoms with Crippen molar-refractivity contribution in [2.45, 2.75) is 13.1 Å². The molecule has 10 heteroatoms. The highest BCUT2D eigenvalue weighted by molar-refractivity contribution is 6.33. The number of nitrogens with zero attached hydrogens (tertiary/aromatic N) is 5. The van der Waals surface area contributed by atoms with Crippen molar-refractivity contribution in [3.8, 4) is 0 Å². The van der Waals surface area contributed by atoms with Crippen LogP contribution in [0.1, 0.15) is 5.69 Å². The van der Waals surface area contributed by atoms with Gasteiger partial charge in [0.05, 0.1) is 18.4 Å². The Balaban J connectivity index is 2.00. The first kappa shape index (κ1) is 13.5. The molecule has 0 aliphatic heterocycles. The molecule has 2 rings (SSSR count). The monoisotopic (exact) mass is 302 g/mol. The summed E-state index contributed by atoms with van der Waals surface area (Å²) in [6.07, 6.45) is 1.52. The Kier molecular flexibility index (Phi) is 4.13. The number of hydrogen-bond donors (Lipinski definition) is 2. The highest BCUT2D eigenvalue weighted by Crippen LogP contribution is 2.21. The number of halogens is 2. The average Bonchev–Trinajstić information content (AvgIpc) is 2.77. The molecule has 100 valence electrons. The third-order valence-corrected chi connectivity index (χ3v) is 2.53. The normalized spacial score (nSPS) is 10.4. The van der Waals surface area contributed by atoms with Gasteiger partial charge >= 0.3 is 5.97 Å². The van der Waals surface area contributed by atoms with Gasteiger partial charge in [-0.2, -0.15) is 0 Å². The largest absolute Gasteiger partial charge is 0.480 e. The minimum atomic E-state index is -0.988. The van der Waals surface area contributed by atoms with Gasteiger partial charge < -0.3 is 10.4 Å². The summed E-state index contributed by atoms with van der Waals surface area (Å²) in [6.45, 7) is 0.0672. The molecular weight excluding hydrogens is 295 g/mol. The summed E-state index contributed by atoms with van der Waals surface area (Å²) in [6, 6.07) is 1.53. The summed E-state index contributed by atoms with van der Waals surface area (Å²) in [5.41, 5.74) is 1.07. The van der Waals surface area contributed by atoms with E-state index in [2.05, 4.69) is 25.8 Å². The van der Waals surface area contributed by atoms with Gasteiger partial charge in [-0.05, 0) is 0 Å². The van der Waals surface area contributed by atoms with Crippen LogP contribution in [0.25, 0.3) is 0 Å². The van der Waals surface area contributed by atoms with Gasteiger partial charge in [0, 0.05) is 6.07 Å². The van der Waals surface area contributed by atoms with E-state index in [0.29, 0.717) is 17.9 Å². The Bertz CT molecular complexity index is 602. The number of carboxylic acids is 1. The van der Waals surface area contributed by atoms with Crippen molar-refractivity contribution in [1.29, 1.82) is 0 Å². The van der Waals surface area contributed by atoms with E-state index in [0.717, 1.165) is 0 Å². The van der Waals surface area contributed by atoms with Gasteiger partial charge in [-0.25, -0.2) is 4.68 Å². The summed E-state index contributed by atoms with van der Waals surface area (Å²) in [4.78, 5) is 10.5. The number of anilines is 1. The molecule has 0 amide bonds. The molecule has 0 saturated carbocycles. The third kappa shape index (κ3) is 3.76. The van der Waals surface area contributed by atoms with Crippen LogP contribution in [0, 0.1) is 0 Å². The minimum Gasteiger partial charge on any atom is -0.480 e. The van der Waals surface area contributed by atoms with Crippen molar-refractivity contribution < 1.29 is 9.90 Å².